The molecule has 102 valence electrons. The van der Waals surface area contributed by atoms with Gasteiger partial charge < -0.3 is 9.84 Å². The molecule has 1 N–H and O–H groups in total. The third kappa shape index (κ3) is 5.06. The maximum atomic E-state index is 11.0. The van der Waals surface area contributed by atoms with Crippen LogP contribution in [0.25, 0.3) is 0 Å². The summed E-state index contributed by atoms with van der Waals surface area (Å²) in [7, 11) is -2.94. The van der Waals surface area contributed by atoms with Gasteiger partial charge in [0, 0.05) is 11.8 Å². The highest BCUT2D eigenvalue weighted by Crippen LogP contribution is 2.26. The van der Waals surface area contributed by atoms with E-state index in [0.29, 0.717) is 18.8 Å². The van der Waals surface area contributed by atoms with Crippen molar-refractivity contribution in [3.8, 4) is 5.75 Å². The van der Waals surface area contributed by atoms with E-state index in [-0.39, 0.29) is 5.75 Å². The first-order valence-corrected chi connectivity index (χ1v) is 7.95. The lowest BCUT2D eigenvalue weighted by atomic mass is 10.1. The number of benzene rings is 1. The highest BCUT2D eigenvalue weighted by atomic mass is 32.2. The van der Waals surface area contributed by atoms with Crippen LogP contribution in [0.5, 0.6) is 5.75 Å². The Morgan fingerprint density at radius 2 is 2.06 bits per heavy atom. The lowest BCUT2D eigenvalue weighted by Crippen LogP contribution is -2.09. The fourth-order valence-electron chi connectivity index (χ4n) is 1.63. The third-order valence-corrected chi connectivity index (χ3v) is 3.56. The van der Waals surface area contributed by atoms with Crippen LogP contribution >= 0.6 is 0 Å². The summed E-state index contributed by atoms with van der Waals surface area (Å²) in [4.78, 5) is 0. The van der Waals surface area contributed by atoms with Crippen LogP contribution in [0, 0.1) is 6.92 Å². The standard InChI is InChI=1S/C13H20O4S/c1-10-5-6-13(12(9-10)11(2)14)17-7-4-8-18(3,15)16/h5-6,9,11,14H,4,7-8H2,1-3H3/t11-/m1/s1. The van der Waals surface area contributed by atoms with Crippen molar-refractivity contribution in [3.63, 3.8) is 0 Å². The lowest BCUT2D eigenvalue weighted by molar-refractivity contribution is 0.191. The topological polar surface area (TPSA) is 63.6 Å². The van der Waals surface area contributed by atoms with Gasteiger partial charge in [-0.15, -0.1) is 0 Å². The first-order valence-electron chi connectivity index (χ1n) is 5.89. The van der Waals surface area contributed by atoms with Crippen molar-refractivity contribution in [2.45, 2.75) is 26.4 Å². The fourth-order valence-corrected chi connectivity index (χ4v) is 2.27. The SMILES string of the molecule is Cc1ccc(OCCCS(C)(=O)=O)c([C@@H](C)O)c1. The van der Waals surface area contributed by atoms with Crippen LogP contribution in [0.1, 0.15) is 30.6 Å². The molecule has 0 aliphatic rings. The van der Waals surface area contributed by atoms with Crippen molar-refractivity contribution in [3.05, 3.63) is 29.3 Å². The largest absolute Gasteiger partial charge is 0.493 e. The van der Waals surface area contributed by atoms with Gasteiger partial charge in [0.15, 0.2) is 0 Å². The molecule has 0 aliphatic carbocycles. The minimum absolute atomic E-state index is 0.114. The van der Waals surface area contributed by atoms with Crippen LogP contribution in [0.15, 0.2) is 18.2 Å². The van der Waals surface area contributed by atoms with Crippen LogP contribution in [0.4, 0.5) is 0 Å². The van der Waals surface area contributed by atoms with Crippen molar-refractivity contribution in [2.24, 2.45) is 0 Å². The zero-order valence-corrected chi connectivity index (χ0v) is 11.8. The van der Waals surface area contributed by atoms with E-state index in [9.17, 15) is 13.5 Å². The average molecular weight is 272 g/mol. The molecule has 1 atom stereocenters. The Bertz CT molecular complexity index is 492. The molecule has 0 radical (unpaired) electrons. The Labute approximate surface area is 109 Å². The van der Waals surface area contributed by atoms with Crippen molar-refractivity contribution >= 4 is 9.84 Å². The van der Waals surface area contributed by atoms with Crippen molar-refractivity contribution in [1.82, 2.24) is 0 Å². The highest BCUT2D eigenvalue weighted by Gasteiger charge is 2.10. The van der Waals surface area contributed by atoms with Crippen LogP contribution in [0.2, 0.25) is 0 Å². The predicted molar refractivity (Wildman–Crippen MR) is 71.6 cm³/mol. The number of ether oxygens (including phenoxy) is 1. The minimum atomic E-state index is -2.94. The van der Waals surface area contributed by atoms with E-state index in [1.807, 2.05) is 19.1 Å². The molecule has 0 saturated carbocycles. The molecule has 4 nitrogen and oxygen atoms in total. The van der Waals surface area contributed by atoms with Crippen LogP contribution in [-0.2, 0) is 9.84 Å². The summed E-state index contributed by atoms with van der Waals surface area (Å²) in [5, 5.41) is 9.64. The number of hydrogen-bond donors (Lipinski definition) is 1. The number of aryl methyl sites for hydroxylation is 1. The Kier molecular flexibility index (Phi) is 5.16. The van der Waals surface area contributed by atoms with Gasteiger partial charge in [-0.1, -0.05) is 11.6 Å². The number of aliphatic hydroxyl groups is 1. The van der Waals surface area contributed by atoms with E-state index in [1.54, 1.807) is 13.0 Å². The molecule has 0 saturated heterocycles. The fraction of sp³-hybridized carbons (Fsp3) is 0.538. The third-order valence-electron chi connectivity index (χ3n) is 2.53. The van der Waals surface area contributed by atoms with Gasteiger partial charge in [0.05, 0.1) is 18.5 Å². The van der Waals surface area contributed by atoms with Gasteiger partial charge in [0.2, 0.25) is 0 Å². The van der Waals surface area contributed by atoms with E-state index in [4.69, 9.17) is 4.74 Å². The molecule has 1 rings (SSSR count). The molecule has 0 bridgehead atoms. The maximum absolute atomic E-state index is 11.0. The Morgan fingerprint density at radius 1 is 1.39 bits per heavy atom. The molecule has 1 aromatic carbocycles. The molecule has 0 unspecified atom stereocenters. The first-order chi connectivity index (χ1) is 8.29. The molecule has 0 amide bonds. The van der Waals surface area contributed by atoms with Crippen molar-refractivity contribution in [1.29, 1.82) is 0 Å². The second-order valence-corrected chi connectivity index (χ2v) is 6.81. The summed E-state index contributed by atoms with van der Waals surface area (Å²) in [5.74, 6) is 0.729. The molecule has 0 fully saturated rings. The van der Waals surface area contributed by atoms with Crippen LogP contribution < -0.4 is 4.74 Å². The molecule has 0 spiro atoms. The van der Waals surface area contributed by atoms with Gasteiger partial charge in [0.1, 0.15) is 15.6 Å². The van der Waals surface area contributed by atoms with Crippen molar-refractivity contribution < 1.29 is 18.3 Å². The van der Waals surface area contributed by atoms with Gasteiger partial charge in [-0.25, -0.2) is 8.42 Å². The molecule has 18 heavy (non-hydrogen) atoms. The van der Waals surface area contributed by atoms with Gasteiger partial charge in [-0.3, -0.25) is 0 Å². The summed E-state index contributed by atoms with van der Waals surface area (Å²) in [6, 6.07) is 5.58. The van der Waals surface area contributed by atoms with E-state index < -0.39 is 15.9 Å². The average Bonchev–Trinajstić information content (AvgIpc) is 2.24. The summed E-state index contributed by atoms with van der Waals surface area (Å²) in [6.45, 7) is 3.95. The smallest absolute Gasteiger partial charge is 0.147 e. The van der Waals surface area contributed by atoms with Crippen LogP contribution in [-0.4, -0.2) is 32.1 Å². The first kappa shape index (κ1) is 15.0. The zero-order chi connectivity index (χ0) is 13.8. The molecule has 0 aliphatic heterocycles. The number of rotatable bonds is 6. The van der Waals surface area contributed by atoms with Crippen molar-refractivity contribution in [2.75, 3.05) is 18.6 Å². The zero-order valence-electron chi connectivity index (χ0n) is 11.0. The van der Waals surface area contributed by atoms with Crippen LogP contribution in [0.3, 0.4) is 0 Å². The van der Waals surface area contributed by atoms with E-state index in [0.717, 1.165) is 11.1 Å². The summed E-state index contributed by atoms with van der Waals surface area (Å²) >= 11 is 0. The minimum Gasteiger partial charge on any atom is -0.493 e. The number of sulfone groups is 1. The highest BCUT2D eigenvalue weighted by molar-refractivity contribution is 7.90. The maximum Gasteiger partial charge on any atom is 0.147 e. The quantitative estimate of drug-likeness (QED) is 0.803. The van der Waals surface area contributed by atoms with Gasteiger partial charge in [-0.2, -0.15) is 0 Å². The molecule has 0 aromatic heterocycles. The summed E-state index contributed by atoms with van der Waals surface area (Å²) in [6.07, 6.45) is 1.06. The van der Waals surface area contributed by atoms with Gasteiger partial charge in [0.25, 0.3) is 0 Å². The Morgan fingerprint density at radius 3 is 2.61 bits per heavy atom. The predicted octanol–water partition coefficient (Wildman–Crippen LogP) is 1.86. The normalized spacial score (nSPS) is 13.3. The molecular formula is C13H20O4S. The summed E-state index contributed by atoms with van der Waals surface area (Å²) < 4.78 is 27.5. The molecule has 5 heteroatoms. The lowest BCUT2D eigenvalue weighted by Gasteiger charge is -2.14. The number of hydrogen-bond acceptors (Lipinski definition) is 4. The van der Waals surface area contributed by atoms with E-state index in [1.165, 1.54) is 6.26 Å². The van der Waals surface area contributed by atoms with Gasteiger partial charge >= 0.3 is 0 Å². The second kappa shape index (κ2) is 6.20. The van der Waals surface area contributed by atoms with E-state index >= 15 is 0 Å². The molecule has 0 heterocycles. The summed E-state index contributed by atoms with van der Waals surface area (Å²) in [5.41, 5.74) is 1.78. The Balaban J connectivity index is 2.62. The second-order valence-electron chi connectivity index (χ2n) is 4.55. The molecule has 1 aromatic rings. The number of aliphatic hydroxyl groups excluding tert-OH is 1. The monoisotopic (exact) mass is 272 g/mol. The molecular weight excluding hydrogens is 252 g/mol. The van der Waals surface area contributed by atoms with Gasteiger partial charge in [-0.05, 0) is 32.4 Å². The Hall–Kier alpha value is -1.07. The van der Waals surface area contributed by atoms with E-state index in [2.05, 4.69) is 0 Å².